The molecule has 24 heavy (non-hydrogen) atoms. The van der Waals surface area contributed by atoms with Gasteiger partial charge in [-0.15, -0.1) is 11.3 Å². The maximum atomic E-state index is 12.2. The number of methoxy groups -OCH3 is 1. The number of piperazine rings is 1. The summed E-state index contributed by atoms with van der Waals surface area (Å²) in [6.45, 7) is 6.43. The average Bonchev–Trinajstić information content (AvgIpc) is 3.03. The van der Waals surface area contributed by atoms with Crippen molar-refractivity contribution in [1.82, 2.24) is 15.2 Å². The highest BCUT2D eigenvalue weighted by Gasteiger charge is 2.32. The van der Waals surface area contributed by atoms with E-state index in [0.29, 0.717) is 13.1 Å². The Hall–Kier alpha value is -1.92. The van der Waals surface area contributed by atoms with Crippen LogP contribution in [0.2, 0.25) is 0 Å². The molecule has 3 rings (SSSR count). The van der Waals surface area contributed by atoms with Crippen LogP contribution >= 0.6 is 11.3 Å². The lowest BCUT2D eigenvalue weighted by atomic mass is 9.99. The topological polar surface area (TPSA) is 54.5 Å². The lowest BCUT2D eigenvalue weighted by molar-refractivity contribution is -0.131. The number of carbonyl (C=O) groups is 1. The first kappa shape index (κ1) is 16.9. The van der Waals surface area contributed by atoms with Crippen molar-refractivity contribution >= 4 is 17.2 Å². The molecule has 2 aromatic rings. The number of amides is 1. The second kappa shape index (κ2) is 7.32. The molecule has 1 saturated heterocycles. The summed E-state index contributed by atoms with van der Waals surface area (Å²) in [7, 11) is 1.67. The van der Waals surface area contributed by atoms with Crippen LogP contribution in [-0.4, -0.2) is 42.0 Å². The van der Waals surface area contributed by atoms with Crippen molar-refractivity contribution in [3.63, 3.8) is 0 Å². The number of aromatic nitrogens is 1. The number of ether oxygens (including phenoxy) is 1. The van der Waals surface area contributed by atoms with E-state index in [0.717, 1.165) is 28.6 Å². The molecule has 2 heterocycles. The first-order valence-corrected chi connectivity index (χ1v) is 9.07. The van der Waals surface area contributed by atoms with Gasteiger partial charge in [0.05, 0.1) is 24.4 Å². The number of nitrogens with one attached hydrogen (secondary N) is 1. The molecule has 1 N–H and O–H groups in total. The molecule has 1 aromatic carbocycles. The van der Waals surface area contributed by atoms with Gasteiger partial charge in [-0.2, -0.15) is 0 Å². The van der Waals surface area contributed by atoms with Crippen LogP contribution in [0.15, 0.2) is 29.6 Å². The summed E-state index contributed by atoms with van der Waals surface area (Å²) in [5, 5.41) is 5.98. The molecule has 1 aromatic heterocycles. The van der Waals surface area contributed by atoms with Gasteiger partial charge >= 0.3 is 0 Å². The fraction of sp³-hybridized carbons (Fsp3) is 0.444. The zero-order valence-corrected chi connectivity index (χ0v) is 15.1. The van der Waals surface area contributed by atoms with Crippen molar-refractivity contribution in [3.8, 4) is 16.3 Å². The van der Waals surface area contributed by atoms with Crippen LogP contribution in [0.1, 0.15) is 19.5 Å². The monoisotopic (exact) mass is 345 g/mol. The van der Waals surface area contributed by atoms with Gasteiger partial charge in [0, 0.05) is 25.0 Å². The third kappa shape index (κ3) is 3.44. The van der Waals surface area contributed by atoms with E-state index in [-0.39, 0.29) is 17.9 Å². The summed E-state index contributed by atoms with van der Waals surface area (Å²) in [6, 6.07) is 7.82. The van der Waals surface area contributed by atoms with Crippen LogP contribution in [0, 0.1) is 5.92 Å². The molecule has 1 atom stereocenters. The van der Waals surface area contributed by atoms with Crippen molar-refractivity contribution < 1.29 is 9.53 Å². The Morgan fingerprint density at radius 3 is 2.96 bits per heavy atom. The van der Waals surface area contributed by atoms with Crippen molar-refractivity contribution in [1.29, 1.82) is 0 Å². The van der Waals surface area contributed by atoms with Crippen LogP contribution in [-0.2, 0) is 11.3 Å². The minimum absolute atomic E-state index is 0.0878. The van der Waals surface area contributed by atoms with Gasteiger partial charge in [-0.25, -0.2) is 4.98 Å². The molecular weight excluding hydrogens is 322 g/mol. The summed E-state index contributed by atoms with van der Waals surface area (Å²) >= 11 is 1.61. The summed E-state index contributed by atoms with van der Waals surface area (Å²) in [6.07, 6.45) is 0. The van der Waals surface area contributed by atoms with E-state index in [1.54, 1.807) is 18.4 Å². The first-order valence-electron chi connectivity index (χ1n) is 8.19. The summed E-state index contributed by atoms with van der Waals surface area (Å²) < 4.78 is 5.42. The van der Waals surface area contributed by atoms with Gasteiger partial charge < -0.3 is 10.1 Å². The van der Waals surface area contributed by atoms with Crippen LogP contribution in [0.25, 0.3) is 10.6 Å². The highest BCUT2D eigenvalue weighted by Crippen LogP contribution is 2.32. The number of para-hydroxylation sites is 1. The number of rotatable bonds is 5. The first-order chi connectivity index (χ1) is 11.6. The molecule has 1 aliphatic heterocycles. The molecular formula is C18H23N3O2S. The molecule has 0 spiro atoms. The Morgan fingerprint density at radius 2 is 2.21 bits per heavy atom. The lowest BCUT2D eigenvalue weighted by Crippen LogP contribution is -2.56. The molecule has 1 unspecified atom stereocenters. The van der Waals surface area contributed by atoms with Crippen LogP contribution in [0.3, 0.4) is 0 Å². The zero-order valence-electron chi connectivity index (χ0n) is 14.3. The predicted octanol–water partition coefficient (Wildman–Crippen LogP) is 2.78. The molecule has 1 fully saturated rings. The second-order valence-electron chi connectivity index (χ2n) is 6.29. The van der Waals surface area contributed by atoms with Gasteiger partial charge in [-0.3, -0.25) is 9.69 Å². The van der Waals surface area contributed by atoms with E-state index in [1.165, 1.54) is 0 Å². The number of hydrogen-bond donors (Lipinski definition) is 1. The third-order valence-electron chi connectivity index (χ3n) is 4.25. The fourth-order valence-electron chi connectivity index (χ4n) is 3.17. The standard InChI is InChI=1S/C18H23N3O2S/c1-12(2)16-17(22)19-8-9-21(16)10-13-11-24-18(20-13)14-6-4-5-7-15(14)23-3/h4-7,11-12,16H,8-10H2,1-3H3,(H,19,22). The Labute approximate surface area is 146 Å². The van der Waals surface area contributed by atoms with E-state index >= 15 is 0 Å². The van der Waals surface area contributed by atoms with Gasteiger partial charge in [0.25, 0.3) is 0 Å². The molecule has 0 aliphatic carbocycles. The molecule has 6 heteroatoms. The average molecular weight is 345 g/mol. The zero-order chi connectivity index (χ0) is 17.1. The van der Waals surface area contributed by atoms with Gasteiger partial charge in [-0.1, -0.05) is 26.0 Å². The largest absolute Gasteiger partial charge is 0.496 e. The maximum absolute atomic E-state index is 12.2. The molecule has 0 radical (unpaired) electrons. The Balaban J connectivity index is 1.79. The van der Waals surface area contributed by atoms with Gasteiger partial charge in [0.1, 0.15) is 10.8 Å². The minimum atomic E-state index is -0.0878. The number of hydrogen-bond acceptors (Lipinski definition) is 5. The highest BCUT2D eigenvalue weighted by atomic mass is 32.1. The Morgan fingerprint density at radius 1 is 1.42 bits per heavy atom. The Bertz CT molecular complexity index is 714. The van der Waals surface area contributed by atoms with E-state index in [9.17, 15) is 4.79 Å². The van der Waals surface area contributed by atoms with Gasteiger partial charge in [0.15, 0.2) is 0 Å². The normalized spacial score (nSPS) is 18.7. The van der Waals surface area contributed by atoms with Crippen molar-refractivity contribution in [2.24, 2.45) is 5.92 Å². The number of benzene rings is 1. The Kier molecular flexibility index (Phi) is 5.16. The van der Waals surface area contributed by atoms with Crippen LogP contribution < -0.4 is 10.1 Å². The smallest absolute Gasteiger partial charge is 0.237 e. The van der Waals surface area contributed by atoms with Gasteiger partial charge in [-0.05, 0) is 18.1 Å². The molecule has 5 nitrogen and oxygen atoms in total. The quantitative estimate of drug-likeness (QED) is 0.905. The van der Waals surface area contributed by atoms with Crippen LogP contribution in [0.5, 0.6) is 5.75 Å². The molecule has 0 saturated carbocycles. The van der Waals surface area contributed by atoms with E-state index in [1.807, 2.05) is 24.3 Å². The van der Waals surface area contributed by atoms with Gasteiger partial charge in [0.2, 0.25) is 5.91 Å². The van der Waals surface area contributed by atoms with E-state index in [4.69, 9.17) is 9.72 Å². The number of thiazole rings is 1. The third-order valence-corrected chi connectivity index (χ3v) is 5.17. The van der Waals surface area contributed by atoms with Crippen molar-refractivity contribution in [2.75, 3.05) is 20.2 Å². The van der Waals surface area contributed by atoms with Crippen molar-refractivity contribution in [2.45, 2.75) is 26.4 Å². The minimum Gasteiger partial charge on any atom is -0.496 e. The van der Waals surface area contributed by atoms with Crippen molar-refractivity contribution in [3.05, 3.63) is 35.3 Å². The lowest BCUT2D eigenvalue weighted by Gasteiger charge is -2.36. The fourth-order valence-corrected chi connectivity index (χ4v) is 4.01. The second-order valence-corrected chi connectivity index (χ2v) is 7.15. The summed E-state index contributed by atoms with van der Waals surface area (Å²) in [4.78, 5) is 19.2. The predicted molar refractivity (Wildman–Crippen MR) is 96.1 cm³/mol. The maximum Gasteiger partial charge on any atom is 0.237 e. The molecule has 128 valence electrons. The van der Waals surface area contributed by atoms with E-state index < -0.39 is 0 Å². The van der Waals surface area contributed by atoms with Crippen LogP contribution in [0.4, 0.5) is 0 Å². The molecule has 1 aliphatic rings. The summed E-state index contributed by atoms with van der Waals surface area (Å²) in [5.41, 5.74) is 2.01. The highest BCUT2D eigenvalue weighted by molar-refractivity contribution is 7.13. The number of nitrogens with zero attached hydrogens (tertiary/aromatic N) is 2. The molecule has 0 bridgehead atoms. The van der Waals surface area contributed by atoms with E-state index in [2.05, 4.69) is 29.4 Å². The summed E-state index contributed by atoms with van der Waals surface area (Å²) in [5.74, 6) is 1.23. The SMILES string of the molecule is COc1ccccc1-c1nc(CN2CCNC(=O)C2C(C)C)cs1. The number of carbonyl (C=O) groups excluding carboxylic acids is 1. The molecule has 1 amide bonds.